The van der Waals surface area contributed by atoms with E-state index in [1.807, 2.05) is 6.92 Å². The van der Waals surface area contributed by atoms with Gasteiger partial charge in [-0.05, 0) is 12.5 Å². The molecule has 72 valence electrons. The summed E-state index contributed by atoms with van der Waals surface area (Å²) in [6.07, 6.45) is 7.05. The smallest absolute Gasteiger partial charge is 0.222 e. The van der Waals surface area contributed by atoms with Crippen LogP contribution in [0.3, 0.4) is 0 Å². The van der Waals surface area contributed by atoms with Crippen LogP contribution in [0.1, 0.15) is 11.4 Å². The number of hydrogen-bond acceptors (Lipinski definition) is 4. The number of rotatable bonds is 3. The Hall–Kier alpha value is -1.91. The highest BCUT2D eigenvalue weighted by molar-refractivity contribution is 5.24. The van der Waals surface area contributed by atoms with Crippen LogP contribution in [-0.2, 0) is 6.54 Å². The Morgan fingerprint density at radius 2 is 2.07 bits per heavy atom. The van der Waals surface area contributed by atoms with Crippen molar-refractivity contribution in [1.29, 1.82) is 0 Å². The molecule has 5 heteroatoms. The molecule has 0 spiro atoms. The molecule has 0 radical (unpaired) electrons. The van der Waals surface area contributed by atoms with Crippen molar-refractivity contribution >= 4 is 5.95 Å². The van der Waals surface area contributed by atoms with Crippen LogP contribution in [0.25, 0.3) is 0 Å². The van der Waals surface area contributed by atoms with Gasteiger partial charge in [-0.2, -0.15) is 0 Å². The summed E-state index contributed by atoms with van der Waals surface area (Å²) in [7, 11) is 0. The molecular weight excluding hydrogens is 178 g/mol. The average Bonchev–Trinajstić information content (AvgIpc) is 2.70. The molecule has 0 saturated carbocycles. The zero-order valence-electron chi connectivity index (χ0n) is 7.86. The Morgan fingerprint density at radius 1 is 1.29 bits per heavy atom. The lowest BCUT2D eigenvalue weighted by Gasteiger charge is -2.01. The number of H-pyrrole nitrogens is 1. The van der Waals surface area contributed by atoms with Gasteiger partial charge in [0.1, 0.15) is 5.82 Å². The van der Waals surface area contributed by atoms with Crippen LogP contribution in [0, 0.1) is 6.92 Å². The van der Waals surface area contributed by atoms with Crippen LogP contribution in [0.5, 0.6) is 0 Å². The topological polar surface area (TPSA) is 66.5 Å². The summed E-state index contributed by atoms with van der Waals surface area (Å²) >= 11 is 0. The molecule has 0 aliphatic carbocycles. The van der Waals surface area contributed by atoms with Gasteiger partial charge in [-0.25, -0.2) is 15.0 Å². The lowest BCUT2D eigenvalue weighted by Crippen LogP contribution is -2.04. The maximum atomic E-state index is 4.11. The van der Waals surface area contributed by atoms with E-state index in [1.165, 1.54) is 0 Å². The Labute approximate surface area is 81.6 Å². The molecular formula is C9H11N5. The largest absolute Gasteiger partial charge is 0.347 e. The Balaban J connectivity index is 1.95. The third-order valence-corrected chi connectivity index (χ3v) is 1.75. The molecule has 0 aromatic carbocycles. The third-order valence-electron chi connectivity index (χ3n) is 1.75. The summed E-state index contributed by atoms with van der Waals surface area (Å²) in [5, 5.41) is 3.06. The molecule has 2 aromatic rings. The molecule has 0 fully saturated rings. The van der Waals surface area contributed by atoms with Crippen LogP contribution in [0.15, 0.2) is 24.8 Å². The van der Waals surface area contributed by atoms with E-state index in [4.69, 9.17) is 0 Å². The number of hydrogen-bond donors (Lipinski definition) is 2. The molecule has 0 bridgehead atoms. The lowest BCUT2D eigenvalue weighted by molar-refractivity contribution is 0.964. The zero-order chi connectivity index (χ0) is 9.80. The monoisotopic (exact) mass is 189 g/mol. The molecule has 0 unspecified atom stereocenters. The van der Waals surface area contributed by atoms with Crippen LogP contribution >= 0.6 is 0 Å². The summed E-state index contributed by atoms with van der Waals surface area (Å²) in [6, 6.07) is 0. The lowest BCUT2D eigenvalue weighted by atomic mass is 10.4. The van der Waals surface area contributed by atoms with Gasteiger partial charge in [0.15, 0.2) is 0 Å². The van der Waals surface area contributed by atoms with Crippen molar-refractivity contribution in [3.05, 3.63) is 36.2 Å². The SMILES string of the molecule is Cc1cnc(NCc2ncc[nH]2)nc1. The highest BCUT2D eigenvalue weighted by Crippen LogP contribution is 1.99. The normalized spacial score (nSPS) is 10.1. The number of anilines is 1. The van der Waals surface area contributed by atoms with E-state index in [9.17, 15) is 0 Å². The van der Waals surface area contributed by atoms with Gasteiger partial charge < -0.3 is 10.3 Å². The minimum absolute atomic E-state index is 0.607. The van der Waals surface area contributed by atoms with Gasteiger partial charge in [0, 0.05) is 24.8 Å². The first-order valence-corrected chi connectivity index (χ1v) is 4.35. The number of aromatic nitrogens is 4. The highest BCUT2D eigenvalue weighted by Gasteiger charge is 1.96. The van der Waals surface area contributed by atoms with Gasteiger partial charge >= 0.3 is 0 Å². The fraction of sp³-hybridized carbons (Fsp3) is 0.222. The van der Waals surface area contributed by atoms with Gasteiger partial charge in [0.05, 0.1) is 6.54 Å². The number of nitrogens with zero attached hydrogens (tertiary/aromatic N) is 3. The van der Waals surface area contributed by atoms with Crippen LogP contribution in [0.4, 0.5) is 5.95 Å². The van der Waals surface area contributed by atoms with Crippen LogP contribution in [0.2, 0.25) is 0 Å². The van der Waals surface area contributed by atoms with Crippen molar-refractivity contribution in [3.63, 3.8) is 0 Å². The molecule has 0 atom stereocenters. The number of nitrogens with one attached hydrogen (secondary N) is 2. The first-order valence-electron chi connectivity index (χ1n) is 4.35. The number of aromatic amines is 1. The fourth-order valence-electron chi connectivity index (χ4n) is 1.04. The van der Waals surface area contributed by atoms with Crippen molar-refractivity contribution in [2.75, 3.05) is 5.32 Å². The van der Waals surface area contributed by atoms with Crippen LogP contribution in [-0.4, -0.2) is 19.9 Å². The Kier molecular flexibility index (Phi) is 2.40. The second-order valence-corrected chi connectivity index (χ2v) is 2.97. The zero-order valence-corrected chi connectivity index (χ0v) is 7.86. The standard InChI is InChI=1S/C9H11N5/c1-7-4-12-9(13-5-7)14-6-8-10-2-3-11-8/h2-5H,6H2,1H3,(H,10,11)(H,12,13,14). The van der Waals surface area contributed by atoms with E-state index in [0.717, 1.165) is 11.4 Å². The van der Waals surface area contributed by atoms with Gasteiger partial charge in [0.2, 0.25) is 5.95 Å². The van der Waals surface area contributed by atoms with Gasteiger partial charge in [-0.3, -0.25) is 0 Å². The van der Waals surface area contributed by atoms with E-state index in [0.29, 0.717) is 12.5 Å². The van der Waals surface area contributed by atoms with E-state index >= 15 is 0 Å². The first-order chi connectivity index (χ1) is 6.84. The van der Waals surface area contributed by atoms with Crippen molar-refractivity contribution in [3.8, 4) is 0 Å². The summed E-state index contributed by atoms with van der Waals surface area (Å²) in [5.74, 6) is 1.49. The molecule has 2 aromatic heterocycles. The quantitative estimate of drug-likeness (QED) is 0.759. The van der Waals surface area contributed by atoms with Gasteiger partial charge in [-0.1, -0.05) is 0 Å². The maximum absolute atomic E-state index is 4.11. The Bertz CT molecular complexity index is 378. The van der Waals surface area contributed by atoms with E-state index in [1.54, 1.807) is 24.8 Å². The molecule has 2 heterocycles. The average molecular weight is 189 g/mol. The van der Waals surface area contributed by atoms with Gasteiger partial charge in [0.25, 0.3) is 0 Å². The minimum atomic E-state index is 0.607. The number of imidazole rings is 1. The van der Waals surface area contributed by atoms with Crippen molar-refractivity contribution in [2.45, 2.75) is 13.5 Å². The molecule has 0 aliphatic rings. The summed E-state index contributed by atoms with van der Waals surface area (Å²) < 4.78 is 0. The summed E-state index contributed by atoms with van der Waals surface area (Å²) in [6.45, 7) is 2.56. The molecule has 0 saturated heterocycles. The molecule has 0 aliphatic heterocycles. The van der Waals surface area contributed by atoms with Crippen molar-refractivity contribution in [2.24, 2.45) is 0 Å². The van der Waals surface area contributed by atoms with E-state index in [-0.39, 0.29) is 0 Å². The van der Waals surface area contributed by atoms with Gasteiger partial charge in [-0.15, -0.1) is 0 Å². The second kappa shape index (κ2) is 3.87. The second-order valence-electron chi connectivity index (χ2n) is 2.97. The maximum Gasteiger partial charge on any atom is 0.222 e. The molecule has 2 rings (SSSR count). The third kappa shape index (κ3) is 2.07. The van der Waals surface area contributed by atoms with E-state index in [2.05, 4.69) is 25.3 Å². The van der Waals surface area contributed by atoms with Crippen molar-refractivity contribution in [1.82, 2.24) is 19.9 Å². The summed E-state index contributed by atoms with van der Waals surface area (Å²) in [5.41, 5.74) is 1.05. The minimum Gasteiger partial charge on any atom is -0.347 e. The highest BCUT2D eigenvalue weighted by atomic mass is 15.1. The molecule has 2 N–H and O–H groups in total. The fourth-order valence-corrected chi connectivity index (χ4v) is 1.04. The summed E-state index contributed by atoms with van der Waals surface area (Å²) in [4.78, 5) is 15.3. The predicted octanol–water partition coefficient (Wildman–Crippen LogP) is 1.12. The number of aryl methyl sites for hydroxylation is 1. The first kappa shape index (κ1) is 8.68. The molecule has 5 nitrogen and oxygen atoms in total. The molecule has 14 heavy (non-hydrogen) atoms. The predicted molar refractivity (Wildman–Crippen MR) is 52.7 cm³/mol. The van der Waals surface area contributed by atoms with Crippen LogP contribution < -0.4 is 5.32 Å². The van der Waals surface area contributed by atoms with Crippen molar-refractivity contribution < 1.29 is 0 Å². The Morgan fingerprint density at radius 3 is 2.71 bits per heavy atom. The molecule has 0 amide bonds. The van der Waals surface area contributed by atoms with E-state index < -0.39 is 0 Å².